The summed E-state index contributed by atoms with van der Waals surface area (Å²) in [5.41, 5.74) is 2.40. The Morgan fingerprint density at radius 1 is 1.45 bits per heavy atom. The fourth-order valence-corrected chi connectivity index (χ4v) is 3.27. The average Bonchev–Trinajstić information content (AvgIpc) is 3.22. The van der Waals surface area contributed by atoms with E-state index in [1.54, 1.807) is 0 Å². The van der Waals surface area contributed by atoms with E-state index in [9.17, 15) is 5.26 Å². The molecule has 1 aromatic rings. The Bertz CT molecular complexity index is 476. The van der Waals surface area contributed by atoms with Gasteiger partial charge in [-0.2, -0.15) is 17.0 Å². The lowest BCUT2D eigenvalue weighted by molar-refractivity contribution is 0.412. The molecule has 0 bridgehead atoms. The number of hydrogen-bond acceptors (Lipinski definition) is 3. The minimum absolute atomic E-state index is 0.328. The Morgan fingerprint density at radius 2 is 2.25 bits per heavy atom. The Balaban J connectivity index is 1.64. The molecule has 2 rings (SSSR count). The molecule has 1 aromatic carbocycles. The molecule has 0 radical (unpaired) electrons. The summed E-state index contributed by atoms with van der Waals surface area (Å²) < 4.78 is 0. The summed E-state index contributed by atoms with van der Waals surface area (Å²) in [5, 5.41) is 12.8. The van der Waals surface area contributed by atoms with Gasteiger partial charge in [0.2, 0.25) is 0 Å². The summed E-state index contributed by atoms with van der Waals surface area (Å²) in [7, 11) is 0. The Hall–Kier alpha value is -0.980. The second-order valence-corrected chi connectivity index (χ2v) is 7.11. The van der Waals surface area contributed by atoms with E-state index in [0.29, 0.717) is 6.04 Å². The van der Waals surface area contributed by atoms with E-state index in [-0.39, 0.29) is 5.54 Å². The van der Waals surface area contributed by atoms with E-state index < -0.39 is 0 Å². The number of nitriles is 1. The molecule has 0 aromatic heterocycles. The molecule has 1 aliphatic carbocycles. The number of thioether (sulfide) groups is 1. The Kier molecular flexibility index (Phi) is 5.51. The molecule has 1 N–H and O–H groups in total. The summed E-state index contributed by atoms with van der Waals surface area (Å²) in [6.07, 6.45) is 4.51. The first-order chi connectivity index (χ1) is 9.61. The van der Waals surface area contributed by atoms with Gasteiger partial charge >= 0.3 is 0 Å². The van der Waals surface area contributed by atoms with Gasteiger partial charge in [-0.25, -0.2) is 0 Å². The van der Waals surface area contributed by atoms with Crippen LogP contribution in [-0.2, 0) is 5.75 Å². The third kappa shape index (κ3) is 5.19. The predicted octanol–water partition coefficient (Wildman–Crippen LogP) is 4.04. The second kappa shape index (κ2) is 7.15. The van der Waals surface area contributed by atoms with E-state index in [1.165, 1.54) is 24.0 Å². The Morgan fingerprint density at radius 3 is 2.90 bits per heavy atom. The van der Waals surface area contributed by atoms with Gasteiger partial charge in [0.1, 0.15) is 5.54 Å². The second-order valence-electron chi connectivity index (χ2n) is 6.01. The summed E-state index contributed by atoms with van der Waals surface area (Å²) in [5.74, 6) is 2.19. The summed E-state index contributed by atoms with van der Waals surface area (Å²) >= 11 is 1.96. The maximum Gasteiger partial charge on any atom is 0.104 e. The third-order valence-corrected chi connectivity index (χ3v) is 4.78. The van der Waals surface area contributed by atoms with Gasteiger partial charge < -0.3 is 0 Å². The van der Waals surface area contributed by atoms with Gasteiger partial charge in [0.05, 0.1) is 6.07 Å². The molecule has 1 aliphatic rings. The fourth-order valence-electron chi connectivity index (χ4n) is 2.36. The van der Waals surface area contributed by atoms with Gasteiger partial charge in [-0.1, -0.05) is 29.8 Å². The van der Waals surface area contributed by atoms with Gasteiger partial charge in [-0.15, -0.1) is 0 Å². The SMILES string of the molecule is Cc1cccc(CSCCCC(C)(C#N)NC2CC2)c1. The zero-order valence-electron chi connectivity index (χ0n) is 12.5. The molecule has 1 unspecified atom stereocenters. The highest BCUT2D eigenvalue weighted by atomic mass is 32.2. The van der Waals surface area contributed by atoms with Crippen LogP contribution in [0.3, 0.4) is 0 Å². The van der Waals surface area contributed by atoms with Crippen LogP contribution in [0.1, 0.15) is 43.7 Å². The lowest BCUT2D eigenvalue weighted by Gasteiger charge is -2.23. The molecule has 108 valence electrons. The molecule has 3 heteroatoms. The maximum absolute atomic E-state index is 9.31. The highest BCUT2D eigenvalue weighted by molar-refractivity contribution is 7.98. The standard InChI is InChI=1S/C17H24N2S/c1-14-5-3-6-15(11-14)12-20-10-4-9-17(2,13-18)19-16-7-8-16/h3,5-6,11,16,19H,4,7-10,12H2,1-2H3. The molecule has 0 saturated heterocycles. The lowest BCUT2D eigenvalue weighted by Crippen LogP contribution is -2.42. The van der Waals surface area contributed by atoms with Gasteiger partial charge in [-0.3, -0.25) is 5.32 Å². The topological polar surface area (TPSA) is 35.8 Å². The van der Waals surface area contributed by atoms with Crippen LogP contribution >= 0.6 is 11.8 Å². The van der Waals surface area contributed by atoms with Gasteiger partial charge in [0.15, 0.2) is 0 Å². The number of benzene rings is 1. The van der Waals surface area contributed by atoms with Crippen molar-refractivity contribution in [3.63, 3.8) is 0 Å². The number of rotatable bonds is 8. The smallest absolute Gasteiger partial charge is 0.104 e. The van der Waals surface area contributed by atoms with Crippen molar-refractivity contribution in [1.29, 1.82) is 5.26 Å². The van der Waals surface area contributed by atoms with E-state index >= 15 is 0 Å². The first-order valence-corrected chi connectivity index (χ1v) is 8.59. The van der Waals surface area contributed by atoms with Crippen LogP contribution in [0, 0.1) is 18.3 Å². The third-order valence-electron chi connectivity index (χ3n) is 3.66. The van der Waals surface area contributed by atoms with Crippen LogP contribution in [0.5, 0.6) is 0 Å². The largest absolute Gasteiger partial charge is 0.297 e. The van der Waals surface area contributed by atoms with Crippen molar-refractivity contribution in [2.45, 2.75) is 56.9 Å². The minimum atomic E-state index is -0.328. The minimum Gasteiger partial charge on any atom is -0.297 e. The van der Waals surface area contributed by atoms with Gasteiger partial charge in [-0.05, 0) is 50.8 Å². The van der Waals surface area contributed by atoms with Crippen molar-refractivity contribution in [3.05, 3.63) is 35.4 Å². The van der Waals surface area contributed by atoms with Gasteiger partial charge in [0, 0.05) is 11.8 Å². The lowest BCUT2D eigenvalue weighted by atomic mass is 9.98. The highest BCUT2D eigenvalue weighted by Gasteiger charge is 2.31. The molecule has 0 spiro atoms. The number of hydrogen-bond donors (Lipinski definition) is 1. The van der Waals surface area contributed by atoms with E-state index in [4.69, 9.17) is 0 Å². The van der Waals surface area contributed by atoms with Gasteiger partial charge in [0.25, 0.3) is 0 Å². The molecule has 1 saturated carbocycles. The molecule has 0 aliphatic heterocycles. The molecule has 0 heterocycles. The fraction of sp³-hybridized carbons (Fsp3) is 0.588. The normalized spacial score (nSPS) is 17.4. The van der Waals surface area contributed by atoms with Crippen molar-refractivity contribution < 1.29 is 0 Å². The van der Waals surface area contributed by atoms with Crippen LogP contribution < -0.4 is 5.32 Å². The average molecular weight is 288 g/mol. The first-order valence-electron chi connectivity index (χ1n) is 7.43. The summed E-state index contributed by atoms with van der Waals surface area (Å²) in [6, 6.07) is 11.7. The van der Waals surface area contributed by atoms with Crippen LogP contribution in [0.25, 0.3) is 0 Å². The number of aryl methyl sites for hydroxylation is 1. The van der Waals surface area contributed by atoms with Crippen LogP contribution in [0.4, 0.5) is 0 Å². The van der Waals surface area contributed by atoms with Crippen LogP contribution in [-0.4, -0.2) is 17.3 Å². The summed E-state index contributed by atoms with van der Waals surface area (Å²) in [4.78, 5) is 0. The summed E-state index contributed by atoms with van der Waals surface area (Å²) in [6.45, 7) is 4.17. The van der Waals surface area contributed by atoms with Crippen molar-refractivity contribution in [2.75, 3.05) is 5.75 Å². The van der Waals surface area contributed by atoms with Crippen LogP contribution in [0.2, 0.25) is 0 Å². The van der Waals surface area contributed by atoms with E-state index in [2.05, 4.69) is 42.6 Å². The van der Waals surface area contributed by atoms with Crippen molar-refractivity contribution in [3.8, 4) is 6.07 Å². The number of nitrogens with zero attached hydrogens (tertiary/aromatic N) is 1. The Labute approximate surface area is 127 Å². The van der Waals surface area contributed by atoms with Crippen molar-refractivity contribution in [1.82, 2.24) is 5.32 Å². The quantitative estimate of drug-likeness (QED) is 0.733. The first kappa shape index (κ1) is 15.4. The molecule has 0 amide bonds. The molecule has 20 heavy (non-hydrogen) atoms. The predicted molar refractivity (Wildman–Crippen MR) is 86.8 cm³/mol. The number of nitrogens with one attached hydrogen (secondary N) is 1. The molecule has 1 fully saturated rings. The monoisotopic (exact) mass is 288 g/mol. The molecule has 2 nitrogen and oxygen atoms in total. The zero-order chi connectivity index (χ0) is 14.4. The van der Waals surface area contributed by atoms with E-state index in [1.807, 2.05) is 18.7 Å². The molecular weight excluding hydrogens is 264 g/mol. The van der Waals surface area contributed by atoms with Crippen molar-refractivity contribution >= 4 is 11.8 Å². The molecular formula is C17H24N2S. The maximum atomic E-state index is 9.31. The van der Waals surface area contributed by atoms with Crippen LogP contribution in [0.15, 0.2) is 24.3 Å². The van der Waals surface area contributed by atoms with Crippen molar-refractivity contribution in [2.24, 2.45) is 0 Å². The molecule has 1 atom stereocenters. The highest BCUT2D eigenvalue weighted by Crippen LogP contribution is 2.25. The zero-order valence-corrected chi connectivity index (χ0v) is 13.3. The van der Waals surface area contributed by atoms with E-state index in [0.717, 1.165) is 24.3 Å².